The van der Waals surface area contributed by atoms with Gasteiger partial charge in [-0.15, -0.1) is 0 Å². The molecule has 4 nitrogen and oxygen atoms in total. The fourth-order valence-corrected chi connectivity index (χ4v) is 9.76. The number of ether oxygens (including phenoxy) is 1. The van der Waals surface area contributed by atoms with E-state index in [9.17, 15) is 0 Å². The van der Waals surface area contributed by atoms with Gasteiger partial charge in [0.2, 0.25) is 0 Å². The number of hydrogen-bond donors (Lipinski definition) is 1. The molecule has 0 aromatic heterocycles. The normalized spacial score (nSPS) is 21.4. The number of benzene rings is 6. The van der Waals surface area contributed by atoms with E-state index in [1.165, 1.54) is 61.2 Å². The Morgan fingerprint density at radius 3 is 2.00 bits per heavy atom. The van der Waals surface area contributed by atoms with Crippen LogP contribution in [0.15, 0.2) is 167 Å². The van der Waals surface area contributed by atoms with Gasteiger partial charge in [-0.25, -0.2) is 9.98 Å². The van der Waals surface area contributed by atoms with E-state index in [4.69, 9.17) is 14.7 Å². The van der Waals surface area contributed by atoms with Gasteiger partial charge in [0.25, 0.3) is 0 Å². The first-order valence-corrected chi connectivity index (χ1v) is 19.4. The van der Waals surface area contributed by atoms with Crippen LogP contribution in [0.5, 0.6) is 5.75 Å². The number of hydrogen-bond acceptors (Lipinski definition) is 4. The van der Waals surface area contributed by atoms with Crippen molar-refractivity contribution in [1.82, 2.24) is 5.32 Å². The average Bonchev–Trinajstić information content (AvgIpc) is 3.79. The molecule has 55 heavy (non-hydrogen) atoms. The number of allylic oxidation sites excluding steroid dienone is 2. The Kier molecular flexibility index (Phi) is 6.80. The highest BCUT2D eigenvalue weighted by Gasteiger charge is 2.43. The zero-order valence-corrected chi connectivity index (χ0v) is 31.5. The molecule has 0 saturated heterocycles. The maximum atomic E-state index is 6.81. The van der Waals surface area contributed by atoms with Gasteiger partial charge in [0.15, 0.2) is 5.84 Å². The van der Waals surface area contributed by atoms with Crippen molar-refractivity contribution in [3.8, 4) is 39.1 Å². The topological polar surface area (TPSA) is 46.0 Å². The number of nitrogens with zero attached hydrogens (tertiary/aromatic N) is 2. The summed E-state index contributed by atoms with van der Waals surface area (Å²) in [5.41, 5.74) is 17.7. The molecule has 4 heteroatoms. The Labute approximate surface area is 322 Å². The fourth-order valence-electron chi connectivity index (χ4n) is 9.76. The Morgan fingerprint density at radius 2 is 1.22 bits per heavy atom. The summed E-state index contributed by atoms with van der Waals surface area (Å²) >= 11 is 0. The van der Waals surface area contributed by atoms with Crippen molar-refractivity contribution in [1.29, 1.82) is 0 Å². The molecule has 6 aromatic rings. The predicted octanol–water partition coefficient (Wildman–Crippen LogP) is 11.5. The Bertz CT molecular complexity index is 2710. The molecule has 0 radical (unpaired) electrons. The van der Waals surface area contributed by atoms with Gasteiger partial charge in [-0.2, -0.15) is 0 Å². The predicted molar refractivity (Wildman–Crippen MR) is 224 cm³/mol. The number of fused-ring (bicyclic) bond motifs is 9. The van der Waals surface area contributed by atoms with E-state index in [1.54, 1.807) is 0 Å². The zero-order chi connectivity index (χ0) is 37.1. The minimum atomic E-state index is -0.262. The molecule has 266 valence electrons. The van der Waals surface area contributed by atoms with Crippen LogP contribution in [-0.2, 0) is 10.8 Å². The molecule has 0 spiro atoms. The quantitative estimate of drug-likeness (QED) is 0.198. The third kappa shape index (κ3) is 4.77. The van der Waals surface area contributed by atoms with Gasteiger partial charge >= 0.3 is 0 Å². The van der Waals surface area contributed by atoms with Crippen molar-refractivity contribution in [2.24, 2.45) is 9.98 Å². The van der Waals surface area contributed by atoms with Gasteiger partial charge in [0.1, 0.15) is 23.9 Å². The average molecular weight is 712 g/mol. The van der Waals surface area contributed by atoms with Crippen LogP contribution in [0.25, 0.3) is 33.4 Å². The van der Waals surface area contributed by atoms with E-state index in [1.807, 2.05) is 24.3 Å². The smallest absolute Gasteiger partial charge is 0.159 e. The molecular formula is C51H41N3O. The van der Waals surface area contributed by atoms with Crippen molar-refractivity contribution in [2.45, 2.75) is 56.7 Å². The van der Waals surface area contributed by atoms with E-state index in [-0.39, 0.29) is 29.0 Å². The lowest BCUT2D eigenvalue weighted by molar-refractivity contribution is 0.261. The van der Waals surface area contributed by atoms with Crippen LogP contribution in [0.4, 0.5) is 0 Å². The van der Waals surface area contributed by atoms with E-state index in [0.717, 1.165) is 28.3 Å². The number of amidine groups is 2. The van der Waals surface area contributed by atoms with Crippen LogP contribution in [0.2, 0.25) is 0 Å². The molecule has 0 amide bonds. The Hall–Kier alpha value is -6.26. The summed E-state index contributed by atoms with van der Waals surface area (Å²) in [5, 5.41) is 3.66. The van der Waals surface area contributed by atoms with Crippen LogP contribution in [0, 0.1) is 0 Å². The maximum absolute atomic E-state index is 6.81. The van der Waals surface area contributed by atoms with Crippen molar-refractivity contribution in [2.75, 3.05) is 0 Å². The molecule has 0 bridgehead atoms. The van der Waals surface area contributed by atoms with Crippen LogP contribution in [0.1, 0.15) is 78.7 Å². The van der Waals surface area contributed by atoms with Crippen LogP contribution >= 0.6 is 0 Å². The molecule has 5 aliphatic rings. The van der Waals surface area contributed by atoms with Crippen LogP contribution in [-0.4, -0.2) is 17.8 Å². The monoisotopic (exact) mass is 711 g/mol. The lowest BCUT2D eigenvalue weighted by Gasteiger charge is -2.29. The molecule has 0 fully saturated rings. The highest BCUT2D eigenvalue weighted by atomic mass is 16.5. The summed E-state index contributed by atoms with van der Waals surface area (Å²) in [6.45, 7) is 9.50. The van der Waals surface area contributed by atoms with Crippen LogP contribution in [0.3, 0.4) is 0 Å². The SMILES string of the molecule is CC1(C)c2ccccc2-c2cc3c(cc21)-c1cc(-c2ccc4c(c2)C2C=CC=C(C5=NC(c6ccccc6)=NC(c6ccccc6)N5)C2O4)ccc1C3(C)C. The summed E-state index contributed by atoms with van der Waals surface area (Å²) in [6.07, 6.45) is 6.11. The minimum absolute atomic E-state index is 0.0418. The maximum Gasteiger partial charge on any atom is 0.159 e. The second-order valence-electron chi connectivity index (χ2n) is 16.6. The minimum Gasteiger partial charge on any atom is -0.484 e. The fraction of sp³-hybridized carbons (Fsp3) is 0.176. The van der Waals surface area contributed by atoms with Gasteiger partial charge in [0.05, 0.1) is 0 Å². The third-order valence-electron chi connectivity index (χ3n) is 12.7. The largest absolute Gasteiger partial charge is 0.484 e. The standard InChI is InChI=1S/C51H41N3O/c1-50(2)41-21-12-11-18-34(41)38-28-44-39(29-43(38)50)37-26-32(22-24-42(37)51(44,3)4)33-23-25-45-40(27-33)35-19-13-20-36(46(35)55-45)49-53-47(30-14-7-5-8-15-30)52-48(54-49)31-16-9-6-10-17-31/h5-29,35,46-47H,1-4H3,(H,52,53,54). The molecule has 2 heterocycles. The first-order chi connectivity index (χ1) is 26.8. The molecule has 3 atom stereocenters. The van der Waals surface area contributed by atoms with Crippen LogP contribution < -0.4 is 10.1 Å². The molecule has 0 saturated carbocycles. The van der Waals surface area contributed by atoms with Crippen molar-refractivity contribution < 1.29 is 4.74 Å². The van der Waals surface area contributed by atoms with Gasteiger partial charge in [-0.3, -0.25) is 0 Å². The molecule has 3 aliphatic carbocycles. The first kappa shape index (κ1) is 32.2. The lowest BCUT2D eigenvalue weighted by Crippen LogP contribution is -2.39. The highest BCUT2D eigenvalue weighted by Crippen LogP contribution is 2.56. The summed E-state index contributed by atoms with van der Waals surface area (Å²) in [5.74, 6) is 2.50. The van der Waals surface area contributed by atoms with E-state index >= 15 is 0 Å². The summed E-state index contributed by atoms with van der Waals surface area (Å²) in [4.78, 5) is 10.2. The zero-order valence-electron chi connectivity index (χ0n) is 31.5. The van der Waals surface area contributed by atoms with Gasteiger partial charge in [0, 0.05) is 33.4 Å². The number of aliphatic imine (C=N–C) groups is 2. The molecule has 3 unspecified atom stereocenters. The summed E-state index contributed by atoms with van der Waals surface area (Å²) in [7, 11) is 0. The molecule has 1 N–H and O–H groups in total. The van der Waals surface area contributed by atoms with Crippen molar-refractivity contribution >= 4 is 11.7 Å². The van der Waals surface area contributed by atoms with Gasteiger partial charge in [-0.1, -0.05) is 149 Å². The van der Waals surface area contributed by atoms with Crippen molar-refractivity contribution in [3.05, 3.63) is 196 Å². The lowest BCUT2D eigenvalue weighted by atomic mass is 9.79. The summed E-state index contributed by atoms with van der Waals surface area (Å²) in [6, 6.07) is 48.4. The van der Waals surface area contributed by atoms with E-state index in [0.29, 0.717) is 5.84 Å². The Balaban J connectivity index is 0.939. The van der Waals surface area contributed by atoms with E-state index in [2.05, 4.69) is 160 Å². The third-order valence-corrected chi connectivity index (χ3v) is 12.7. The van der Waals surface area contributed by atoms with E-state index < -0.39 is 0 Å². The summed E-state index contributed by atoms with van der Waals surface area (Å²) < 4.78 is 6.81. The highest BCUT2D eigenvalue weighted by molar-refractivity contribution is 6.13. The number of rotatable bonds is 4. The Morgan fingerprint density at radius 1 is 0.582 bits per heavy atom. The van der Waals surface area contributed by atoms with Crippen molar-refractivity contribution in [3.63, 3.8) is 0 Å². The molecular weight excluding hydrogens is 671 g/mol. The molecule has 11 rings (SSSR count). The number of nitrogens with one attached hydrogen (secondary N) is 1. The van der Waals surface area contributed by atoms with Gasteiger partial charge < -0.3 is 10.1 Å². The second kappa shape index (κ2) is 11.6. The van der Waals surface area contributed by atoms with Gasteiger partial charge in [-0.05, 0) is 91.5 Å². The second-order valence-corrected chi connectivity index (χ2v) is 16.6. The first-order valence-electron chi connectivity index (χ1n) is 19.4. The molecule has 6 aromatic carbocycles. The molecule has 2 aliphatic heterocycles.